The molecule has 6 nitrogen and oxygen atoms in total. The van der Waals surface area contributed by atoms with Crippen molar-refractivity contribution in [2.75, 3.05) is 19.8 Å². The van der Waals surface area contributed by atoms with E-state index < -0.39 is 12.0 Å². The molecule has 1 aliphatic heterocycles. The second-order valence-electron chi connectivity index (χ2n) is 5.47. The van der Waals surface area contributed by atoms with Crippen LogP contribution in [-0.2, 0) is 20.7 Å². The Bertz CT molecular complexity index is 543. The Hall–Kier alpha value is -2.08. The molecule has 6 heteroatoms. The van der Waals surface area contributed by atoms with Gasteiger partial charge in [0.2, 0.25) is 5.91 Å². The molecule has 1 aliphatic rings. The van der Waals surface area contributed by atoms with Gasteiger partial charge in [-0.15, -0.1) is 0 Å². The third-order valence-electron chi connectivity index (χ3n) is 3.41. The molecule has 22 heavy (non-hydrogen) atoms. The number of ether oxygens (including phenoxy) is 2. The van der Waals surface area contributed by atoms with E-state index in [0.717, 1.165) is 5.56 Å². The van der Waals surface area contributed by atoms with Crippen molar-refractivity contribution in [3.8, 4) is 5.75 Å². The number of nitrogens with zero attached hydrogens (tertiary/aromatic N) is 1. The molecule has 1 aromatic carbocycles. The molecule has 1 atom stereocenters. The summed E-state index contributed by atoms with van der Waals surface area (Å²) in [4.78, 5) is 25.1. The number of carboxylic acids is 1. The zero-order valence-electron chi connectivity index (χ0n) is 12.8. The fourth-order valence-corrected chi connectivity index (χ4v) is 2.39. The van der Waals surface area contributed by atoms with E-state index in [9.17, 15) is 14.7 Å². The molecule has 1 heterocycles. The average Bonchev–Trinajstić information content (AvgIpc) is 2.48. The first-order chi connectivity index (χ1) is 10.5. The normalized spacial score (nSPS) is 18.3. The Morgan fingerprint density at radius 1 is 1.41 bits per heavy atom. The zero-order chi connectivity index (χ0) is 16.1. The first-order valence-electron chi connectivity index (χ1n) is 7.33. The summed E-state index contributed by atoms with van der Waals surface area (Å²) < 4.78 is 10.8. The molecular weight excluding hydrogens is 286 g/mol. The van der Waals surface area contributed by atoms with Crippen LogP contribution in [0, 0.1) is 0 Å². The van der Waals surface area contributed by atoms with Crippen LogP contribution in [-0.4, -0.2) is 53.8 Å². The molecule has 0 aromatic heterocycles. The monoisotopic (exact) mass is 307 g/mol. The molecule has 0 aliphatic carbocycles. The summed E-state index contributed by atoms with van der Waals surface area (Å²) in [6.45, 7) is 4.52. The Morgan fingerprint density at radius 2 is 2.14 bits per heavy atom. The van der Waals surface area contributed by atoms with Crippen molar-refractivity contribution >= 4 is 11.9 Å². The lowest BCUT2D eigenvalue weighted by Crippen LogP contribution is -2.53. The number of carbonyl (C=O) groups is 2. The van der Waals surface area contributed by atoms with Crippen LogP contribution in [0.5, 0.6) is 5.75 Å². The minimum atomic E-state index is -1.04. The Morgan fingerprint density at radius 3 is 2.82 bits per heavy atom. The standard InChI is InChI=1S/C16H21NO5/c1-11(2)22-14-6-4-3-5-12(14)9-15(18)17-7-8-21-10-13(17)16(19)20/h3-6,11,13H,7-10H2,1-2H3,(H,19,20). The minimum absolute atomic E-state index is 0.00593. The number of rotatable bonds is 5. The molecule has 0 bridgehead atoms. The molecule has 1 N–H and O–H groups in total. The number of hydrogen-bond donors (Lipinski definition) is 1. The van der Waals surface area contributed by atoms with Gasteiger partial charge in [0.05, 0.1) is 25.7 Å². The number of aliphatic carboxylic acids is 1. The van der Waals surface area contributed by atoms with Crippen LogP contribution in [0.3, 0.4) is 0 Å². The predicted octanol–water partition coefficient (Wildman–Crippen LogP) is 1.33. The second kappa shape index (κ2) is 7.26. The van der Waals surface area contributed by atoms with Crippen LogP contribution in [0.15, 0.2) is 24.3 Å². The lowest BCUT2D eigenvalue weighted by atomic mass is 10.1. The molecule has 1 fully saturated rings. The fraction of sp³-hybridized carbons (Fsp3) is 0.500. The highest BCUT2D eigenvalue weighted by Crippen LogP contribution is 2.21. The zero-order valence-corrected chi connectivity index (χ0v) is 12.8. The number of amides is 1. The van der Waals surface area contributed by atoms with Crippen LogP contribution in [0.2, 0.25) is 0 Å². The van der Waals surface area contributed by atoms with Crippen molar-refractivity contribution in [1.29, 1.82) is 0 Å². The second-order valence-corrected chi connectivity index (χ2v) is 5.47. The van der Waals surface area contributed by atoms with E-state index in [2.05, 4.69) is 0 Å². The van der Waals surface area contributed by atoms with Crippen LogP contribution < -0.4 is 4.74 Å². The lowest BCUT2D eigenvalue weighted by Gasteiger charge is -2.33. The van der Waals surface area contributed by atoms with Crippen molar-refractivity contribution in [2.45, 2.75) is 32.4 Å². The van der Waals surface area contributed by atoms with E-state index in [4.69, 9.17) is 9.47 Å². The van der Waals surface area contributed by atoms with E-state index >= 15 is 0 Å². The van der Waals surface area contributed by atoms with Crippen molar-refractivity contribution in [1.82, 2.24) is 4.90 Å². The van der Waals surface area contributed by atoms with Crippen LogP contribution in [0.4, 0.5) is 0 Å². The number of morpholine rings is 1. The molecule has 0 radical (unpaired) electrons. The molecule has 1 amide bonds. The van der Waals surface area contributed by atoms with E-state index in [1.165, 1.54) is 4.90 Å². The van der Waals surface area contributed by atoms with Gasteiger partial charge in [-0.05, 0) is 19.9 Å². The van der Waals surface area contributed by atoms with Gasteiger partial charge in [0.15, 0.2) is 6.04 Å². The molecule has 0 saturated carbocycles. The lowest BCUT2D eigenvalue weighted by molar-refractivity contribution is -0.158. The maximum atomic E-state index is 12.5. The summed E-state index contributed by atoms with van der Waals surface area (Å²) in [6, 6.07) is 6.41. The van der Waals surface area contributed by atoms with Gasteiger partial charge in [-0.3, -0.25) is 4.79 Å². The van der Waals surface area contributed by atoms with Crippen LogP contribution >= 0.6 is 0 Å². The summed E-state index contributed by atoms with van der Waals surface area (Å²) in [6.07, 6.45) is 0.124. The Balaban J connectivity index is 2.12. The van der Waals surface area contributed by atoms with Gasteiger partial charge in [-0.1, -0.05) is 18.2 Å². The molecule has 1 saturated heterocycles. The number of carboxylic acid groups (broad SMARTS) is 1. The van der Waals surface area contributed by atoms with Gasteiger partial charge in [0, 0.05) is 12.1 Å². The first-order valence-corrected chi connectivity index (χ1v) is 7.33. The van der Waals surface area contributed by atoms with Gasteiger partial charge in [-0.25, -0.2) is 4.79 Å². The van der Waals surface area contributed by atoms with E-state index in [-0.39, 0.29) is 25.0 Å². The molecule has 2 rings (SSSR count). The quantitative estimate of drug-likeness (QED) is 0.888. The van der Waals surface area contributed by atoms with Crippen molar-refractivity contribution in [2.24, 2.45) is 0 Å². The molecule has 0 spiro atoms. The molecule has 1 aromatic rings. The van der Waals surface area contributed by atoms with Gasteiger partial charge >= 0.3 is 5.97 Å². The maximum Gasteiger partial charge on any atom is 0.328 e. The maximum absolute atomic E-state index is 12.5. The fourth-order valence-electron chi connectivity index (χ4n) is 2.39. The Kier molecular flexibility index (Phi) is 5.38. The van der Waals surface area contributed by atoms with Gasteiger partial charge in [0.25, 0.3) is 0 Å². The van der Waals surface area contributed by atoms with Crippen molar-refractivity contribution < 1.29 is 24.2 Å². The summed E-state index contributed by atoms with van der Waals surface area (Å²) in [5.74, 6) is -0.610. The first kappa shape index (κ1) is 16.3. The number of benzene rings is 1. The third kappa shape index (κ3) is 3.98. The Labute approximate surface area is 129 Å². The minimum Gasteiger partial charge on any atom is -0.491 e. The molecular formula is C16H21NO5. The third-order valence-corrected chi connectivity index (χ3v) is 3.41. The van der Waals surface area contributed by atoms with Crippen molar-refractivity contribution in [3.63, 3.8) is 0 Å². The number of hydrogen-bond acceptors (Lipinski definition) is 4. The van der Waals surface area contributed by atoms with Crippen LogP contribution in [0.25, 0.3) is 0 Å². The predicted molar refractivity (Wildman–Crippen MR) is 79.9 cm³/mol. The number of carbonyl (C=O) groups excluding carboxylic acids is 1. The summed E-state index contributed by atoms with van der Waals surface area (Å²) in [5, 5.41) is 9.20. The average molecular weight is 307 g/mol. The van der Waals surface area contributed by atoms with Crippen molar-refractivity contribution in [3.05, 3.63) is 29.8 Å². The topological polar surface area (TPSA) is 76.1 Å². The van der Waals surface area contributed by atoms with Crippen LogP contribution in [0.1, 0.15) is 19.4 Å². The van der Waals surface area contributed by atoms with E-state index in [0.29, 0.717) is 18.9 Å². The molecule has 1 unspecified atom stereocenters. The highest BCUT2D eigenvalue weighted by atomic mass is 16.5. The smallest absolute Gasteiger partial charge is 0.328 e. The van der Waals surface area contributed by atoms with Gasteiger partial charge in [0.1, 0.15) is 5.75 Å². The summed E-state index contributed by atoms with van der Waals surface area (Å²) in [7, 11) is 0. The number of para-hydroxylation sites is 1. The summed E-state index contributed by atoms with van der Waals surface area (Å²) >= 11 is 0. The SMILES string of the molecule is CC(C)Oc1ccccc1CC(=O)N1CCOCC1C(=O)O. The molecule has 120 valence electrons. The highest BCUT2D eigenvalue weighted by Gasteiger charge is 2.32. The largest absolute Gasteiger partial charge is 0.491 e. The van der Waals surface area contributed by atoms with E-state index in [1.807, 2.05) is 38.1 Å². The van der Waals surface area contributed by atoms with Gasteiger partial charge < -0.3 is 19.5 Å². The highest BCUT2D eigenvalue weighted by molar-refractivity contribution is 5.85. The van der Waals surface area contributed by atoms with Gasteiger partial charge in [-0.2, -0.15) is 0 Å². The summed E-state index contributed by atoms with van der Waals surface area (Å²) in [5.41, 5.74) is 0.761. The van der Waals surface area contributed by atoms with E-state index in [1.54, 1.807) is 0 Å².